The number of likely N-dealkylation sites (tertiary alicyclic amines) is 1. The van der Waals surface area contributed by atoms with Crippen LogP contribution in [-0.2, 0) is 0 Å². The lowest BCUT2D eigenvalue weighted by Gasteiger charge is -2.23. The SMILES string of the molecule is CCOc1ccc(-c2nc(C)c(C(=O)N3CCC[C@H]3c3ccc[nH]3)s2)cc1. The number of hydrogen-bond acceptors (Lipinski definition) is 4. The largest absolute Gasteiger partial charge is 0.494 e. The van der Waals surface area contributed by atoms with Crippen molar-refractivity contribution in [1.29, 1.82) is 0 Å². The van der Waals surface area contributed by atoms with Gasteiger partial charge >= 0.3 is 0 Å². The van der Waals surface area contributed by atoms with Gasteiger partial charge in [-0.15, -0.1) is 11.3 Å². The highest BCUT2D eigenvalue weighted by molar-refractivity contribution is 7.17. The summed E-state index contributed by atoms with van der Waals surface area (Å²) in [5.41, 5.74) is 2.91. The van der Waals surface area contributed by atoms with Crippen LogP contribution in [0.1, 0.15) is 46.9 Å². The van der Waals surface area contributed by atoms with Gasteiger partial charge in [-0.3, -0.25) is 4.79 Å². The second-order valence-corrected chi connectivity index (χ2v) is 7.67. The van der Waals surface area contributed by atoms with E-state index in [-0.39, 0.29) is 11.9 Å². The molecule has 0 radical (unpaired) electrons. The summed E-state index contributed by atoms with van der Waals surface area (Å²) in [5, 5.41) is 0.870. The minimum absolute atomic E-state index is 0.0827. The van der Waals surface area contributed by atoms with Crippen LogP contribution in [0.15, 0.2) is 42.6 Å². The van der Waals surface area contributed by atoms with E-state index in [0.717, 1.165) is 52.0 Å². The predicted octanol–water partition coefficient (Wildman–Crippen LogP) is 4.82. The molecule has 0 unspecified atom stereocenters. The number of aromatic amines is 1. The molecule has 1 fully saturated rings. The highest BCUT2D eigenvalue weighted by Crippen LogP contribution is 2.35. The number of nitrogens with zero attached hydrogens (tertiary/aromatic N) is 2. The van der Waals surface area contributed by atoms with Gasteiger partial charge in [-0.25, -0.2) is 4.98 Å². The smallest absolute Gasteiger partial charge is 0.266 e. The van der Waals surface area contributed by atoms with E-state index in [1.165, 1.54) is 11.3 Å². The van der Waals surface area contributed by atoms with Crippen LogP contribution in [0.3, 0.4) is 0 Å². The molecule has 1 saturated heterocycles. The quantitative estimate of drug-likeness (QED) is 0.689. The molecule has 1 atom stereocenters. The monoisotopic (exact) mass is 381 g/mol. The standard InChI is InChI=1S/C21H23N3O2S/c1-3-26-16-10-8-15(9-11-16)20-23-14(2)19(27-20)21(25)24-13-5-7-18(24)17-6-4-12-22-17/h4,6,8-12,18,22H,3,5,7,13H2,1-2H3/t18-/m0/s1. The van der Waals surface area contributed by atoms with Crippen molar-refractivity contribution in [2.45, 2.75) is 32.7 Å². The predicted molar refractivity (Wildman–Crippen MR) is 107 cm³/mol. The van der Waals surface area contributed by atoms with Crippen molar-refractivity contribution in [2.75, 3.05) is 13.2 Å². The van der Waals surface area contributed by atoms with Crippen LogP contribution in [0.5, 0.6) is 5.75 Å². The van der Waals surface area contributed by atoms with Crippen molar-refractivity contribution in [3.8, 4) is 16.3 Å². The number of H-pyrrole nitrogens is 1. The van der Waals surface area contributed by atoms with Crippen LogP contribution < -0.4 is 4.74 Å². The van der Waals surface area contributed by atoms with Crippen LogP contribution >= 0.6 is 11.3 Å². The molecule has 5 nitrogen and oxygen atoms in total. The van der Waals surface area contributed by atoms with Gasteiger partial charge in [0, 0.05) is 24.0 Å². The number of carbonyl (C=O) groups is 1. The molecule has 0 saturated carbocycles. The molecule has 0 aliphatic carbocycles. The lowest BCUT2D eigenvalue weighted by Crippen LogP contribution is -2.30. The van der Waals surface area contributed by atoms with E-state index >= 15 is 0 Å². The van der Waals surface area contributed by atoms with Crippen LogP contribution in [0.25, 0.3) is 10.6 Å². The molecule has 2 aromatic heterocycles. The molecule has 0 bridgehead atoms. The third-order valence-electron chi connectivity index (χ3n) is 4.90. The Morgan fingerprint density at radius 2 is 2.15 bits per heavy atom. The second-order valence-electron chi connectivity index (χ2n) is 6.67. The second kappa shape index (κ2) is 7.56. The Morgan fingerprint density at radius 3 is 2.85 bits per heavy atom. The van der Waals surface area contributed by atoms with E-state index in [2.05, 4.69) is 16.0 Å². The number of aromatic nitrogens is 2. The molecule has 1 aliphatic heterocycles. The van der Waals surface area contributed by atoms with E-state index in [9.17, 15) is 4.79 Å². The van der Waals surface area contributed by atoms with E-state index in [1.807, 2.05) is 55.3 Å². The minimum atomic E-state index is 0.0827. The summed E-state index contributed by atoms with van der Waals surface area (Å²) < 4.78 is 5.50. The highest BCUT2D eigenvalue weighted by Gasteiger charge is 2.33. The van der Waals surface area contributed by atoms with E-state index in [4.69, 9.17) is 4.74 Å². The molecule has 6 heteroatoms. The van der Waals surface area contributed by atoms with Crippen molar-refractivity contribution < 1.29 is 9.53 Å². The zero-order valence-corrected chi connectivity index (χ0v) is 16.4. The highest BCUT2D eigenvalue weighted by atomic mass is 32.1. The summed E-state index contributed by atoms with van der Waals surface area (Å²) >= 11 is 1.47. The molecular formula is C21H23N3O2S. The normalized spacial score (nSPS) is 16.7. The fraction of sp³-hybridized carbons (Fsp3) is 0.333. The van der Waals surface area contributed by atoms with Crippen LogP contribution in [0, 0.1) is 6.92 Å². The van der Waals surface area contributed by atoms with E-state index < -0.39 is 0 Å². The van der Waals surface area contributed by atoms with Gasteiger partial charge in [0.2, 0.25) is 0 Å². The summed E-state index contributed by atoms with van der Waals surface area (Å²) in [6, 6.07) is 12.0. The zero-order chi connectivity index (χ0) is 18.8. The Kier molecular flexibility index (Phi) is 4.99. The van der Waals surface area contributed by atoms with Gasteiger partial charge in [-0.1, -0.05) is 0 Å². The van der Waals surface area contributed by atoms with Gasteiger partial charge in [-0.05, 0) is 63.1 Å². The minimum Gasteiger partial charge on any atom is -0.494 e. The first-order chi connectivity index (χ1) is 13.2. The van der Waals surface area contributed by atoms with Crippen molar-refractivity contribution >= 4 is 17.2 Å². The van der Waals surface area contributed by atoms with E-state index in [1.54, 1.807) is 0 Å². The average Bonchev–Trinajstić information content (AvgIpc) is 3.42. The molecular weight excluding hydrogens is 358 g/mol. The van der Waals surface area contributed by atoms with Crippen LogP contribution in [0.4, 0.5) is 0 Å². The number of thiazole rings is 1. The summed E-state index contributed by atoms with van der Waals surface area (Å²) in [7, 11) is 0. The maximum atomic E-state index is 13.2. The summed E-state index contributed by atoms with van der Waals surface area (Å²) in [5.74, 6) is 0.927. The topological polar surface area (TPSA) is 58.2 Å². The number of benzene rings is 1. The van der Waals surface area contributed by atoms with Crippen LogP contribution in [-0.4, -0.2) is 33.9 Å². The Bertz CT molecular complexity index is 916. The third kappa shape index (κ3) is 3.49. The third-order valence-corrected chi connectivity index (χ3v) is 6.09. The number of hydrogen-bond donors (Lipinski definition) is 1. The molecule has 1 aromatic carbocycles. The maximum absolute atomic E-state index is 13.2. The number of nitrogens with one attached hydrogen (secondary N) is 1. The Morgan fingerprint density at radius 1 is 1.33 bits per heavy atom. The van der Waals surface area contributed by atoms with Gasteiger partial charge in [0.15, 0.2) is 0 Å². The summed E-state index contributed by atoms with van der Waals surface area (Å²) in [4.78, 5) is 23.9. The number of amides is 1. The number of ether oxygens (including phenoxy) is 1. The lowest BCUT2D eigenvalue weighted by molar-refractivity contribution is 0.0737. The first-order valence-corrected chi connectivity index (χ1v) is 10.1. The van der Waals surface area contributed by atoms with Crippen molar-refractivity contribution in [3.05, 3.63) is 58.9 Å². The molecule has 1 N–H and O–H groups in total. The molecule has 1 aliphatic rings. The van der Waals surface area contributed by atoms with Gasteiger partial charge < -0.3 is 14.6 Å². The first-order valence-electron chi connectivity index (χ1n) is 9.32. The van der Waals surface area contributed by atoms with Crippen molar-refractivity contribution in [1.82, 2.24) is 14.9 Å². The molecule has 4 rings (SSSR count). The Balaban J connectivity index is 1.58. The molecule has 27 heavy (non-hydrogen) atoms. The average molecular weight is 382 g/mol. The maximum Gasteiger partial charge on any atom is 0.266 e. The molecule has 3 aromatic rings. The fourth-order valence-corrected chi connectivity index (χ4v) is 4.62. The van der Waals surface area contributed by atoms with Crippen LogP contribution in [0.2, 0.25) is 0 Å². The first kappa shape index (κ1) is 17.8. The molecule has 1 amide bonds. The van der Waals surface area contributed by atoms with Gasteiger partial charge in [0.05, 0.1) is 18.3 Å². The van der Waals surface area contributed by atoms with Crippen molar-refractivity contribution in [2.24, 2.45) is 0 Å². The molecule has 3 heterocycles. The van der Waals surface area contributed by atoms with Gasteiger partial charge in [0.1, 0.15) is 15.6 Å². The Hall–Kier alpha value is -2.60. The molecule has 140 valence electrons. The van der Waals surface area contributed by atoms with Gasteiger partial charge in [0.25, 0.3) is 5.91 Å². The summed E-state index contributed by atoms with van der Waals surface area (Å²) in [6.07, 6.45) is 3.94. The van der Waals surface area contributed by atoms with Gasteiger partial charge in [-0.2, -0.15) is 0 Å². The number of aryl methyl sites for hydroxylation is 1. The lowest BCUT2D eigenvalue weighted by atomic mass is 10.1. The number of rotatable bonds is 5. The fourth-order valence-electron chi connectivity index (χ4n) is 3.59. The van der Waals surface area contributed by atoms with E-state index in [0.29, 0.717) is 6.61 Å². The summed E-state index contributed by atoms with van der Waals surface area (Å²) in [6.45, 7) is 5.32. The molecule has 0 spiro atoms. The number of carbonyl (C=O) groups excluding carboxylic acids is 1. The Labute approximate surface area is 163 Å². The van der Waals surface area contributed by atoms with Crippen molar-refractivity contribution in [3.63, 3.8) is 0 Å². The zero-order valence-electron chi connectivity index (χ0n) is 15.6.